The molecule has 5 heteroatoms. The maximum atomic E-state index is 12.4. The molecule has 2 aromatic carbocycles. The zero-order valence-electron chi connectivity index (χ0n) is 15.2. The first kappa shape index (κ1) is 18.6. The maximum absolute atomic E-state index is 12.4. The number of carbonyl (C=O) groups is 1. The number of carbonyl (C=O) groups excluding carboxylic acids is 1. The van der Waals surface area contributed by atoms with Crippen molar-refractivity contribution < 1.29 is 19.0 Å². The molecule has 0 bridgehead atoms. The summed E-state index contributed by atoms with van der Waals surface area (Å²) in [5.41, 5.74) is 2.03. The molecule has 5 nitrogen and oxygen atoms in total. The summed E-state index contributed by atoms with van der Waals surface area (Å²) in [4.78, 5) is 14.0. The number of nitrogens with zero attached hydrogens (tertiary/aromatic N) is 1. The number of ether oxygens (including phenoxy) is 3. The van der Waals surface area contributed by atoms with E-state index in [-0.39, 0.29) is 5.91 Å². The molecule has 0 aliphatic heterocycles. The van der Waals surface area contributed by atoms with Gasteiger partial charge in [0.15, 0.2) is 11.5 Å². The van der Waals surface area contributed by atoms with Gasteiger partial charge in [0.25, 0.3) is 0 Å². The van der Waals surface area contributed by atoms with Gasteiger partial charge < -0.3 is 19.1 Å². The van der Waals surface area contributed by atoms with Crippen LogP contribution in [0.15, 0.2) is 42.5 Å². The van der Waals surface area contributed by atoms with Crippen molar-refractivity contribution in [2.45, 2.75) is 13.3 Å². The van der Waals surface area contributed by atoms with Crippen molar-refractivity contribution in [1.82, 2.24) is 4.90 Å². The van der Waals surface area contributed by atoms with Crippen LogP contribution in [0.1, 0.15) is 11.1 Å². The molecule has 0 aliphatic carbocycles. The van der Waals surface area contributed by atoms with Gasteiger partial charge in [-0.1, -0.05) is 18.2 Å². The molecule has 25 heavy (non-hydrogen) atoms. The Morgan fingerprint density at radius 1 is 1.04 bits per heavy atom. The standard InChI is InChI=1S/C20H25NO4/c1-15-6-5-7-17(12-15)25-11-10-21(2)20(22)14-16-8-9-18(23-3)19(13-16)24-4/h5-9,12-13H,10-11,14H2,1-4H3. The van der Waals surface area contributed by atoms with Gasteiger partial charge in [0.2, 0.25) is 5.91 Å². The molecule has 0 fully saturated rings. The molecule has 0 aromatic heterocycles. The van der Waals surface area contributed by atoms with Gasteiger partial charge in [-0.25, -0.2) is 0 Å². The molecule has 0 N–H and O–H groups in total. The van der Waals surface area contributed by atoms with Crippen LogP contribution < -0.4 is 14.2 Å². The third kappa shape index (κ3) is 5.41. The Morgan fingerprint density at radius 3 is 2.48 bits per heavy atom. The highest BCUT2D eigenvalue weighted by molar-refractivity contribution is 5.78. The van der Waals surface area contributed by atoms with Gasteiger partial charge in [-0.05, 0) is 42.3 Å². The molecule has 0 spiro atoms. The molecule has 0 atom stereocenters. The van der Waals surface area contributed by atoms with Gasteiger partial charge in [-0.15, -0.1) is 0 Å². The van der Waals surface area contributed by atoms with Crippen molar-refractivity contribution in [3.8, 4) is 17.2 Å². The van der Waals surface area contributed by atoms with Gasteiger partial charge in [0, 0.05) is 7.05 Å². The lowest BCUT2D eigenvalue weighted by atomic mass is 10.1. The van der Waals surface area contributed by atoms with Crippen molar-refractivity contribution in [2.75, 3.05) is 34.4 Å². The Kier molecular flexibility index (Phi) is 6.69. The Hall–Kier alpha value is -2.69. The Morgan fingerprint density at radius 2 is 1.80 bits per heavy atom. The summed E-state index contributed by atoms with van der Waals surface area (Å²) < 4.78 is 16.2. The van der Waals surface area contributed by atoms with E-state index in [1.165, 1.54) is 0 Å². The highest BCUT2D eigenvalue weighted by atomic mass is 16.5. The average molecular weight is 343 g/mol. The van der Waals surface area contributed by atoms with Gasteiger partial charge >= 0.3 is 0 Å². The molecule has 0 saturated heterocycles. The molecule has 2 rings (SSSR count). The summed E-state index contributed by atoms with van der Waals surface area (Å²) >= 11 is 0. The first-order valence-electron chi connectivity index (χ1n) is 8.18. The molecule has 0 saturated carbocycles. The first-order valence-corrected chi connectivity index (χ1v) is 8.18. The molecular formula is C20H25NO4. The highest BCUT2D eigenvalue weighted by Gasteiger charge is 2.12. The van der Waals surface area contributed by atoms with E-state index >= 15 is 0 Å². The van der Waals surface area contributed by atoms with Crippen LogP contribution in [0.5, 0.6) is 17.2 Å². The van der Waals surface area contributed by atoms with Gasteiger partial charge in [-0.2, -0.15) is 0 Å². The predicted octanol–water partition coefficient (Wildman–Crippen LogP) is 3.09. The van der Waals surface area contributed by atoms with E-state index < -0.39 is 0 Å². The smallest absolute Gasteiger partial charge is 0.226 e. The first-order chi connectivity index (χ1) is 12.0. The number of amides is 1. The van der Waals surface area contributed by atoms with Crippen LogP contribution in [0.25, 0.3) is 0 Å². The topological polar surface area (TPSA) is 48.0 Å². The average Bonchev–Trinajstić information content (AvgIpc) is 2.61. The number of benzene rings is 2. The van der Waals surface area contributed by atoms with Crippen molar-refractivity contribution in [1.29, 1.82) is 0 Å². The minimum absolute atomic E-state index is 0.0278. The molecular weight excluding hydrogens is 318 g/mol. The highest BCUT2D eigenvalue weighted by Crippen LogP contribution is 2.27. The fourth-order valence-corrected chi connectivity index (χ4v) is 2.43. The predicted molar refractivity (Wildman–Crippen MR) is 97.6 cm³/mol. The minimum Gasteiger partial charge on any atom is -0.493 e. The Bertz CT molecular complexity index is 715. The quantitative estimate of drug-likeness (QED) is 0.739. The molecule has 134 valence electrons. The number of hydrogen-bond donors (Lipinski definition) is 0. The molecule has 0 aliphatic rings. The second-order valence-corrected chi connectivity index (χ2v) is 5.85. The van der Waals surface area contributed by atoms with Gasteiger partial charge in [0.05, 0.1) is 27.2 Å². The lowest BCUT2D eigenvalue weighted by molar-refractivity contribution is -0.129. The number of aryl methyl sites for hydroxylation is 1. The van der Waals surface area contributed by atoms with Crippen molar-refractivity contribution in [2.24, 2.45) is 0 Å². The summed E-state index contributed by atoms with van der Waals surface area (Å²) in [7, 11) is 4.95. The fourth-order valence-electron chi connectivity index (χ4n) is 2.43. The summed E-state index contributed by atoms with van der Waals surface area (Å²) in [5.74, 6) is 2.12. The SMILES string of the molecule is COc1ccc(CC(=O)N(C)CCOc2cccc(C)c2)cc1OC. The van der Waals surface area contributed by atoms with Gasteiger partial charge in [0.1, 0.15) is 12.4 Å². The largest absolute Gasteiger partial charge is 0.493 e. The van der Waals surface area contributed by atoms with Crippen molar-refractivity contribution in [3.05, 3.63) is 53.6 Å². The lowest BCUT2D eigenvalue weighted by Gasteiger charge is -2.18. The zero-order chi connectivity index (χ0) is 18.2. The molecule has 1 amide bonds. The van der Waals surface area contributed by atoms with Gasteiger partial charge in [-0.3, -0.25) is 4.79 Å². The molecule has 0 heterocycles. The van der Waals surface area contributed by atoms with Crippen LogP contribution in [0, 0.1) is 6.92 Å². The number of likely N-dealkylation sites (N-methyl/N-ethyl adjacent to an activating group) is 1. The van der Waals surface area contributed by atoms with E-state index in [0.717, 1.165) is 16.9 Å². The summed E-state index contributed by atoms with van der Waals surface area (Å²) in [6.07, 6.45) is 0.307. The second kappa shape index (κ2) is 8.97. The zero-order valence-corrected chi connectivity index (χ0v) is 15.2. The lowest BCUT2D eigenvalue weighted by Crippen LogP contribution is -2.32. The van der Waals surface area contributed by atoms with Crippen LogP contribution in [0.2, 0.25) is 0 Å². The van der Waals surface area contributed by atoms with Crippen LogP contribution in [0.4, 0.5) is 0 Å². The summed E-state index contributed by atoms with van der Waals surface area (Å²) in [5, 5.41) is 0. The van der Waals surface area contributed by atoms with Crippen molar-refractivity contribution in [3.63, 3.8) is 0 Å². The molecule has 0 radical (unpaired) electrons. The fraction of sp³-hybridized carbons (Fsp3) is 0.350. The van der Waals surface area contributed by atoms with E-state index in [1.54, 1.807) is 26.2 Å². The van der Waals surface area contributed by atoms with E-state index in [1.807, 2.05) is 49.4 Å². The van der Waals surface area contributed by atoms with E-state index in [2.05, 4.69) is 0 Å². The minimum atomic E-state index is 0.0278. The summed E-state index contributed by atoms with van der Waals surface area (Å²) in [6.45, 7) is 3.00. The number of hydrogen-bond acceptors (Lipinski definition) is 4. The summed E-state index contributed by atoms with van der Waals surface area (Å²) in [6, 6.07) is 13.4. The third-order valence-corrected chi connectivity index (χ3v) is 3.91. The number of rotatable bonds is 8. The van der Waals surface area contributed by atoms with Crippen LogP contribution in [-0.2, 0) is 11.2 Å². The van der Waals surface area contributed by atoms with Crippen LogP contribution >= 0.6 is 0 Å². The van der Waals surface area contributed by atoms with Crippen LogP contribution in [0.3, 0.4) is 0 Å². The molecule has 2 aromatic rings. The number of methoxy groups -OCH3 is 2. The monoisotopic (exact) mass is 343 g/mol. The van der Waals surface area contributed by atoms with Crippen molar-refractivity contribution >= 4 is 5.91 Å². The Balaban J connectivity index is 1.85. The Labute approximate surface area is 149 Å². The third-order valence-electron chi connectivity index (χ3n) is 3.91. The van der Waals surface area contributed by atoms with E-state index in [9.17, 15) is 4.79 Å². The maximum Gasteiger partial charge on any atom is 0.226 e. The second-order valence-electron chi connectivity index (χ2n) is 5.85. The van der Waals surface area contributed by atoms with Crippen LogP contribution in [-0.4, -0.2) is 45.2 Å². The van der Waals surface area contributed by atoms with E-state index in [4.69, 9.17) is 14.2 Å². The molecule has 0 unspecified atom stereocenters. The normalized spacial score (nSPS) is 10.2. The van der Waals surface area contributed by atoms with E-state index in [0.29, 0.717) is 31.1 Å².